The summed E-state index contributed by atoms with van der Waals surface area (Å²) in [4.78, 5) is 221. The van der Waals surface area contributed by atoms with Crippen molar-refractivity contribution >= 4 is 118 Å². The lowest BCUT2D eigenvalue weighted by molar-refractivity contribution is -0.147. The lowest BCUT2D eigenvalue weighted by Crippen LogP contribution is -2.68. The van der Waals surface area contributed by atoms with Gasteiger partial charge in [0.05, 0.1) is 51.4 Å². The summed E-state index contributed by atoms with van der Waals surface area (Å²) in [5.74, 6) is -15.9. The smallest absolute Gasteiger partial charge is 0.340 e. The second-order valence-electron chi connectivity index (χ2n) is 36.6. The number of aliphatic hydroxyl groups is 1. The summed E-state index contributed by atoms with van der Waals surface area (Å²) in [6, 6.07) is 1.40. The van der Waals surface area contributed by atoms with Gasteiger partial charge in [-0.25, -0.2) is 4.79 Å². The van der Waals surface area contributed by atoms with Crippen LogP contribution >= 0.6 is 12.2 Å². The molecule has 3 heterocycles. The number of rotatable bonds is 38. The van der Waals surface area contributed by atoms with Gasteiger partial charge in [-0.1, -0.05) is 98.0 Å². The average molecular weight is 1850 g/mol. The summed E-state index contributed by atoms with van der Waals surface area (Å²) >= 11 is 5.53. The zero-order valence-electron chi connectivity index (χ0n) is 75.1. The van der Waals surface area contributed by atoms with E-state index in [0.29, 0.717) is 73.7 Å². The van der Waals surface area contributed by atoms with Crippen LogP contribution in [0.2, 0.25) is 0 Å². The van der Waals surface area contributed by atoms with Crippen molar-refractivity contribution in [2.45, 2.75) is 268 Å². The quantitative estimate of drug-likeness (QED) is 0.0222. The number of nitrogens with one attached hydrogen (secondary N) is 13. The van der Waals surface area contributed by atoms with Gasteiger partial charge in [-0.2, -0.15) is 0 Å². The van der Waals surface area contributed by atoms with Crippen molar-refractivity contribution in [2.24, 2.45) is 46.5 Å². The molecule has 10 atom stereocenters. The second kappa shape index (κ2) is 46.8. The molecule has 22 N–H and O–H groups in total. The van der Waals surface area contributed by atoms with Crippen LogP contribution in [0.5, 0.6) is 23.0 Å². The number of nitrogens with two attached hydrogens (primary N) is 2. The summed E-state index contributed by atoms with van der Waals surface area (Å²) in [5.41, 5.74) is 6.63. The Morgan fingerprint density at radius 1 is 0.580 bits per heavy atom. The van der Waals surface area contributed by atoms with Crippen LogP contribution in [0.15, 0.2) is 54.6 Å². The number of carboxylic acids is 2. The second-order valence-corrected chi connectivity index (χ2v) is 37.1. The predicted octanol–water partition coefficient (Wildman–Crippen LogP) is 2.45. The number of anilines is 1. The molecule has 1 spiro atoms. The standard InChI is InChI=1S/C90H127N15O25S/c1-48(2)32-62(78(119)95-50(5)76(117)101-66(46-106)75(92)116)98-80(121)64(40-72(112)113)99-79(120)63(33-49(3)4)102-84(125)88(7)27-17-15-13-11-9-8-10-12-14-16-26-87(6,85(126)103-74(82(123)100-65(41-73(114)115)81(122)105-88)89-42-51-34-52(43-89)36-53(35-51)44-89)104-70(110)45-94-77(118)61(24-25-69(91)109)97-71(111)47-128-31-30-127-29-28-93-86(131)96-54-18-21-58-57(37-54)83(124)130-90(58)59-22-19-55(107)38-67(59)129-68-39-56(108)20-23-60(68)90/h18-23,37-39,48-53,61-66,74,106-108H,8-17,24-36,40-47H2,1-7H3,(H2,91,109)(H2,92,116)(H,94,118)(H,95,119)(H,97,111)(H,98,121)(H,99,120)(H,100,123)(H,101,117)(H,102,125)(H,103,126)(H,104,110)(H,105,122)(H,112,113)(H,114,115)(H2,93,96,131)/t50-,51?,52?,53?,61-,62-,63-,64-,65-,66-,74+,87-,88-,89?/m0/s1. The first-order chi connectivity index (χ1) is 62.0. The summed E-state index contributed by atoms with van der Waals surface area (Å²) < 4.78 is 23.4. The molecule has 3 aliphatic heterocycles. The molecule has 4 bridgehead atoms. The Kier molecular flexibility index (Phi) is 36.7. The van der Waals surface area contributed by atoms with Crippen LogP contribution in [-0.4, -0.2) is 231 Å². The first-order valence-electron chi connectivity index (χ1n) is 44.9. The molecular weight excluding hydrogens is 1720 g/mol. The lowest BCUT2D eigenvalue weighted by atomic mass is 9.47. The zero-order chi connectivity index (χ0) is 95.8. The van der Waals surface area contributed by atoms with Crippen molar-refractivity contribution in [2.75, 3.05) is 51.4 Å². The van der Waals surface area contributed by atoms with Crippen molar-refractivity contribution in [1.82, 2.24) is 63.8 Å². The SMILES string of the molecule is CC(C)C[C@H](NC(=O)[C@H](CC(=O)O)NC(=O)[C@H](CC(C)C)NC(=O)[C@]1(C)CCCCCCCCCCCC[C@](C)(NC(=O)CNC(=O)[C@H](CCC(N)=O)NC(=O)COCCOCCNC(=S)Nc2ccc3c(c2)C(=O)OC32c3ccc(O)cc3Oc3cc(O)ccc32)C(=O)N[C@@H](C23CC4CC(CC(C4)C2)C3)C(=O)N[C@@H](CC(=O)O)C(=O)N1)C(=O)N[C@@H](C)C(=O)N[C@@H](CO)C(N)=O. The number of ether oxygens (including phenoxy) is 4. The molecule has 0 aromatic heterocycles. The third-order valence-electron chi connectivity index (χ3n) is 24.9. The molecule has 3 aromatic rings. The van der Waals surface area contributed by atoms with Gasteiger partial charge in [0.2, 0.25) is 76.8 Å². The van der Waals surface area contributed by atoms with E-state index in [1.807, 2.05) is 0 Å². The Morgan fingerprint density at radius 3 is 1.69 bits per heavy atom. The van der Waals surface area contributed by atoms with Gasteiger partial charge in [-0.3, -0.25) is 71.9 Å². The maximum Gasteiger partial charge on any atom is 0.340 e. The number of carboxylic acid groups (broad SMARTS) is 2. The van der Waals surface area contributed by atoms with E-state index in [2.05, 4.69) is 69.1 Å². The molecule has 13 amide bonds. The van der Waals surface area contributed by atoms with E-state index in [4.69, 9.17) is 42.6 Å². The lowest BCUT2D eigenvalue weighted by Gasteiger charge is -2.59. The van der Waals surface area contributed by atoms with Gasteiger partial charge in [0.15, 0.2) is 10.7 Å². The molecule has 718 valence electrons. The number of carbonyl (C=O) groups is 16. The third-order valence-corrected chi connectivity index (χ3v) is 25.1. The van der Waals surface area contributed by atoms with Gasteiger partial charge in [-0.15, -0.1) is 0 Å². The monoisotopic (exact) mass is 1850 g/mol. The molecule has 0 radical (unpaired) electrons. The van der Waals surface area contributed by atoms with E-state index in [1.54, 1.807) is 58.0 Å². The number of phenolic OH excluding ortho intramolecular Hbond substituents is 2. The minimum absolute atomic E-state index is 0.00949. The number of amides is 13. The number of aliphatic hydroxyl groups excluding tert-OH is 1. The Hall–Kier alpha value is -11.8. The van der Waals surface area contributed by atoms with Gasteiger partial charge in [0.25, 0.3) is 0 Å². The van der Waals surface area contributed by atoms with E-state index in [-0.39, 0.29) is 128 Å². The average Bonchev–Trinajstić information content (AvgIpc) is 1.58. The van der Waals surface area contributed by atoms with Crippen LogP contribution in [0.3, 0.4) is 0 Å². The maximum absolute atomic E-state index is 15.6. The van der Waals surface area contributed by atoms with Gasteiger partial charge >= 0.3 is 17.9 Å². The summed E-state index contributed by atoms with van der Waals surface area (Å²) in [6.45, 7) is 9.02. The highest BCUT2D eigenvalue weighted by Gasteiger charge is 2.59. The van der Waals surface area contributed by atoms with Crippen LogP contribution in [0, 0.1) is 35.0 Å². The number of benzene rings is 3. The van der Waals surface area contributed by atoms with E-state index in [0.717, 1.165) is 51.4 Å². The maximum atomic E-state index is 15.6. The summed E-state index contributed by atoms with van der Waals surface area (Å²) in [5, 5.41) is 85.3. The van der Waals surface area contributed by atoms with E-state index >= 15 is 19.2 Å². The Labute approximate surface area is 764 Å². The Balaban J connectivity index is 0.827. The van der Waals surface area contributed by atoms with Crippen molar-refractivity contribution in [1.29, 1.82) is 0 Å². The number of aromatic hydroxyl groups is 2. The Morgan fingerprint density at radius 2 is 1.12 bits per heavy atom. The van der Waals surface area contributed by atoms with E-state index in [9.17, 15) is 83.1 Å². The fourth-order valence-electron chi connectivity index (χ4n) is 18.7. The topological polar surface area (TPSA) is 620 Å². The fourth-order valence-corrected chi connectivity index (χ4v) is 18.9. The van der Waals surface area contributed by atoms with Crippen LogP contribution in [0.1, 0.15) is 230 Å². The molecule has 7 aliphatic rings. The van der Waals surface area contributed by atoms with Crippen LogP contribution < -0.4 is 85.3 Å². The number of thiocarbonyl (C=S) groups is 1. The van der Waals surface area contributed by atoms with Gasteiger partial charge in [0.1, 0.15) is 89.0 Å². The fraction of sp³-hybridized carbons (Fsp3) is 0.611. The number of hydrogen-bond acceptors (Lipinski definition) is 24. The molecule has 131 heavy (non-hydrogen) atoms. The zero-order valence-corrected chi connectivity index (χ0v) is 75.9. The number of hydrogen-bond donors (Lipinski definition) is 20. The van der Waals surface area contributed by atoms with Crippen molar-refractivity contribution in [3.05, 3.63) is 76.9 Å². The largest absolute Gasteiger partial charge is 0.508 e. The molecule has 4 saturated carbocycles. The van der Waals surface area contributed by atoms with E-state index < -0.39 is 198 Å². The highest BCUT2D eigenvalue weighted by atomic mass is 32.1. The highest BCUT2D eigenvalue weighted by Crippen LogP contribution is 2.62. The first-order valence-corrected chi connectivity index (χ1v) is 45.3. The van der Waals surface area contributed by atoms with Crippen molar-refractivity contribution in [3.8, 4) is 23.0 Å². The van der Waals surface area contributed by atoms with Crippen LogP contribution in [-0.2, 0) is 91.7 Å². The summed E-state index contributed by atoms with van der Waals surface area (Å²) in [6.07, 6.45) is 7.53. The highest BCUT2D eigenvalue weighted by molar-refractivity contribution is 7.80. The molecule has 3 aromatic carbocycles. The number of fused-ring (bicyclic) bond motifs is 6. The molecule has 4 aliphatic carbocycles. The number of phenols is 2. The van der Waals surface area contributed by atoms with Crippen molar-refractivity contribution < 1.29 is 121 Å². The number of carbonyl (C=O) groups excluding carboxylic acids is 14. The molecule has 40 nitrogen and oxygen atoms in total. The molecule has 5 fully saturated rings. The summed E-state index contributed by atoms with van der Waals surface area (Å²) in [7, 11) is 0. The molecule has 10 rings (SSSR count). The number of aliphatic carboxylic acids is 2. The minimum Gasteiger partial charge on any atom is -0.508 e. The molecule has 41 heteroatoms. The normalized spacial score (nSPS) is 23.2. The first kappa shape index (κ1) is 103. The van der Waals surface area contributed by atoms with Gasteiger partial charge in [0, 0.05) is 52.9 Å². The van der Waals surface area contributed by atoms with E-state index in [1.165, 1.54) is 45.0 Å². The van der Waals surface area contributed by atoms with Crippen LogP contribution in [0.25, 0.3) is 0 Å². The molecule has 1 saturated heterocycles. The van der Waals surface area contributed by atoms with Gasteiger partial charge in [-0.05, 0) is 170 Å². The predicted molar refractivity (Wildman–Crippen MR) is 475 cm³/mol. The molecule has 0 unspecified atom stereocenters. The van der Waals surface area contributed by atoms with Crippen LogP contribution in [0.4, 0.5) is 5.69 Å². The molecular formula is C90H127N15O25S. The number of esters is 1. The van der Waals surface area contributed by atoms with Gasteiger partial charge < -0.3 is 125 Å². The minimum atomic E-state index is -1.99. The number of primary amides is 2. The third kappa shape index (κ3) is 28.3. The Bertz CT molecular complexity index is 4640. The van der Waals surface area contributed by atoms with Crippen molar-refractivity contribution in [3.63, 3.8) is 0 Å².